The third-order valence-electron chi connectivity index (χ3n) is 4.09. The molecule has 2 aromatic carbocycles. The van der Waals surface area contributed by atoms with Crippen molar-refractivity contribution in [3.63, 3.8) is 0 Å². The summed E-state index contributed by atoms with van der Waals surface area (Å²) in [6.07, 6.45) is 3.07. The highest BCUT2D eigenvalue weighted by atomic mass is 16.5. The van der Waals surface area contributed by atoms with Crippen LogP contribution in [-0.4, -0.2) is 10.2 Å². The second-order valence-electron chi connectivity index (χ2n) is 7.41. The summed E-state index contributed by atoms with van der Waals surface area (Å²) in [5.74, 6) is 2.62. The van der Waals surface area contributed by atoms with Gasteiger partial charge in [-0.1, -0.05) is 46.2 Å². The van der Waals surface area contributed by atoms with Gasteiger partial charge < -0.3 is 14.9 Å². The summed E-state index contributed by atoms with van der Waals surface area (Å²) in [4.78, 5) is 0. The van der Waals surface area contributed by atoms with Crippen LogP contribution in [0.5, 0.6) is 17.2 Å². The molecule has 3 nitrogen and oxygen atoms in total. The van der Waals surface area contributed by atoms with Crippen molar-refractivity contribution in [2.24, 2.45) is 11.8 Å². The van der Waals surface area contributed by atoms with E-state index in [9.17, 15) is 10.2 Å². The van der Waals surface area contributed by atoms with E-state index < -0.39 is 0 Å². The zero-order chi connectivity index (χ0) is 18.4. The lowest BCUT2D eigenvalue weighted by Gasteiger charge is -2.34. The molecule has 136 valence electrons. The van der Waals surface area contributed by atoms with E-state index in [1.807, 2.05) is 18.2 Å². The normalized spacial score (nSPS) is 18.8. The van der Waals surface area contributed by atoms with Gasteiger partial charge in [0.2, 0.25) is 0 Å². The number of rotatable bonds is 3. The van der Waals surface area contributed by atoms with Gasteiger partial charge in [0.25, 0.3) is 0 Å². The predicted octanol–water partition coefficient (Wildman–Crippen LogP) is 5.85. The van der Waals surface area contributed by atoms with E-state index in [0.29, 0.717) is 5.92 Å². The fraction of sp³-hybridized carbons (Fsp3) is 0.455. The molecule has 0 fully saturated rings. The van der Waals surface area contributed by atoms with Gasteiger partial charge in [-0.25, -0.2) is 0 Å². The molecule has 1 aliphatic heterocycles. The number of hydrogen-bond acceptors (Lipinski definition) is 3. The van der Waals surface area contributed by atoms with E-state index >= 15 is 0 Å². The highest BCUT2D eigenvalue weighted by Gasteiger charge is 2.30. The Morgan fingerprint density at radius 1 is 1.00 bits per heavy atom. The Bertz CT molecular complexity index is 659. The molecule has 0 bridgehead atoms. The van der Waals surface area contributed by atoms with Gasteiger partial charge in [-0.2, -0.15) is 0 Å². The maximum Gasteiger partial charge on any atom is 0.127 e. The Labute approximate surface area is 151 Å². The monoisotopic (exact) mass is 342 g/mol. The predicted molar refractivity (Wildman–Crippen MR) is 102 cm³/mol. The molecule has 25 heavy (non-hydrogen) atoms. The van der Waals surface area contributed by atoms with Crippen LogP contribution in [0.1, 0.15) is 57.8 Å². The molecule has 0 unspecified atom stereocenters. The number of phenolic OH excluding ortho intramolecular Hbond substituents is 2. The highest BCUT2D eigenvalue weighted by molar-refractivity contribution is 5.42. The van der Waals surface area contributed by atoms with Crippen LogP contribution in [-0.2, 0) is 6.42 Å². The molecular formula is C22H30O3. The number of benzene rings is 2. The van der Waals surface area contributed by atoms with Crippen molar-refractivity contribution >= 4 is 0 Å². The Morgan fingerprint density at radius 2 is 1.60 bits per heavy atom. The molecule has 3 heteroatoms. The summed E-state index contributed by atoms with van der Waals surface area (Å²) in [6.45, 7) is 8.67. The van der Waals surface area contributed by atoms with Crippen molar-refractivity contribution in [1.82, 2.24) is 0 Å². The van der Waals surface area contributed by atoms with Crippen molar-refractivity contribution in [1.29, 1.82) is 0 Å². The fourth-order valence-corrected chi connectivity index (χ4v) is 3.09. The topological polar surface area (TPSA) is 49.7 Å². The molecule has 0 spiro atoms. The number of phenols is 2. The van der Waals surface area contributed by atoms with E-state index in [1.54, 1.807) is 24.3 Å². The van der Waals surface area contributed by atoms with Crippen LogP contribution in [0.4, 0.5) is 0 Å². The lowest BCUT2D eigenvalue weighted by atomic mass is 9.84. The minimum absolute atomic E-state index is 0.00240. The zero-order valence-electron chi connectivity index (χ0n) is 15.7. The van der Waals surface area contributed by atoms with Gasteiger partial charge in [0.05, 0.1) is 0 Å². The van der Waals surface area contributed by atoms with E-state index in [-0.39, 0.29) is 17.6 Å². The molecule has 1 heterocycles. The largest absolute Gasteiger partial charge is 0.508 e. The van der Waals surface area contributed by atoms with Crippen molar-refractivity contribution in [3.05, 3.63) is 53.6 Å². The molecule has 0 saturated carbocycles. The summed E-state index contributed by atoms with van der Waals surface area (Å²) in [7, 11) is 0. The van der Waals surface area contributed by atoms with Crippen molar-refractivity contribution in [3.8, 4) is 17.2 Å². The Hall–Kier alpha value is -2.16. The first-order chi connectivity index (χ1) is 11.9. The molecule has 0 aromatic heterocycles. The van der Waals surface area contributed by atoms with E-state index in [1.165, 1.54) is 0 Å². The quantitative estimate of drug-likeness (QED) is 0.735. The summed E-state index contributed by atoms with van der Waals surface area (Å²) in [6, 6.07) is 12.5. The number of ether oxygens (including phenoxy) is 1. The van der Waals surface area contributed by atoms with Crippen molar-refractivity contribution in [2.45, 2.75) is 53.1 Å². The Balaban J connectivity index is 0.000000511. The fourth-order valence-electron chi connectivity index (χ4n) is 3.09. The molecular weight excluding hydrogens is 312 g/mol. The number of aromatic hydroxyl groups is 2. The summed E-state index contributed by atoms with van der Waals surface area (Å²) < 4.78 is 6.19. The standard InChI is InChI=1S/C18H20O3.C4H10/c1-2-3-13-10-14-11-16(20)8-9-17(14)21-18(13)12-4-6-15(19)7-5-12;1-4(2)3/h4-9,11,13,18-20H,2-3,10H2,1H3;4H,1-3H3/t13-,18-;/m0./s1. The van der Waals surface area contributed by atoms with Gasteiger partial charge in [0.15, 0.2) is 0 Å². The van der Waals surface area contributed by atoms with Crippen molar-refractivity contribution < 1.29 is 14.9 Å². The van der Waals surface area contributed by atoms with Gasteiger partial charge in [0, 0.05) is 5.92 Å². The highest BCUT2D eigenvalue weighted by Crippen LogP contribution is 2.41. The van der Waals surface area contributed by atoms with Crippen LogP contribution in [0, 0.1) is 11.8 Å². The molecule has 2 atom stereocenters. The van der Waals surface area contributed by atoms with Crippen LogP contribution in [0.15, 0.2) is 42.5 Å². The lowest BCUT2D eigenvalue weighted by Crippen LogP contribution is -2.25. The minimum Gasteiger partial charge on any atom is -0.508 e. The third-order valence-corrected chi connectivity index (χ3v) is 4.09. The van der Waals surface area contributed by atoms with Gasteiger partial charge >= 0.3 is 0 Å². The Morgan fingerprint density at radius 3 is 2.20 bits per heavy atom. The van der Waals surface area contributed by atoms with Crippen molar-refractivity contribution in [2.75, 3.05) is 0 Å². The SMILES string of the molecule is CC(C)C.CCC[C@H]1Cc2cc(O)ccc2O[C@H]1c1ccc(O)cc1. The van der Waals surface area contributed by atoms with Gasteiger partial charge in [0.1, 0.15) is 23.4 Å². The maximum absolute atomic E-state index is 9.63. The number of hydrogen-bond donors (Lipinski definition) is 2. The first-order valence-electron chi connectivity index (χ1n) is 9.18. The summed E-state index contributed by atoms with van der Waals surface area (Å²) in [5, 5.41) is 19.1. The van der Waals surface area contributed by atoms with Crippen LogP contribution >= 0.6 is 0 Å². The van der Waals surface area contributed by atoms with E-state index in [0.717, 1.165) is 42.1 Å². The van der Waals surface area contributed by atoms with Gasteiger partial charge in [-0.05, 0) is 60.2 Å². The van der Waals surface area contributed by atoms with Gasteiger partial charge in [-0.15, -0.1) is 0 Å². The van der Waals surface area contributed by atoms with Crippen LogP contribution < -0.4 is 4.74 Å². The molecule has 3 rings (SSSR count). The lowest BCUT2D eigenvalue weighted by molar-refractivity contribution is 0.107. The van der Waals surface area contributed by atoms with Crippen LogP contribution in [0.3, 0.4) is 0 Å². The maximum atomic E-state index is 9.63. The van der Waals surface area contributed by atoms with E-state index in [4.69, 9.17) is 4.74 Å². The first kappa shape index (κ1) is 19.2. The molecule has 0 aliphatic carbocycles. The molecule has 0 amide bonds. The van der Waals surface area contributed by atoms with Crippen LogP contribution in [0.25, 0.3) is 0 Å². The van der Waals surface area contributed by atoms with E-state index in [2.05, 4.69) is 27.7 Å². The molecule has 0 radical (unpaired) electrons. The summed E-state index contributed by atoms with van der Waals surface area (Å²) in [5.41, 5.74) is 2.16. The van der Waals surface area contributed by atoms with Crippen LogP contribution in [0.2, 0.25) is 0 Å². The first-order valence-corrected chi connectivity index (χ1v) is 9.18. The number of fused-ring (bicyclic) bond motifs is 1. The molecule has 1 aliphatic rings. The van der Waals surface area contributed by atoms with Gasteiger partial charge in [-0.3, -0.25) is 0 Å². The third kappa shape index (κ3) is 5.42. The minimum atomic E-state index is 0.00240. The zero-order valence-corrected chi connectivity index (χ0v) is 15.7. The second-order valence-corrected chi connectivity index (χ2v) is 7.41. The molecule has 2 aromatic rings. The smallest absolute Gasteiger partial charge is 0.127 e. The molecule has 0 saturated heterocycles. The Kier molecular flexibility index (Phi) is 6.74. The average molecular weight is 342 g/mol. The molecule has 2 N–H and O–H groups in total. The average Bonchev–Trinajstić information content (AvgIpc) is 2.55. The summed E-state index contributed by atoms with van der Waals surface area (Å²) >= 11 is 0. The second kappa shape index (κ2) is 8.80.